The predicted octanol–water partition coefficient (Wildman–Crippen LogP) is 2.44. The molecule has 2 rings (SSSR count). The molecular weight excluding hydrogens is 264 g/mol. The molecule has 0 unspecified atom stereocenters. The van der Waals surface area contributed by atoms with E-state index in [2.05, 4.69) is 39.6 Å². The topological polar surface area (TPSA) is 6.48 Å². The molecule has 2 fully saturated rings. The number of hydrogen-bond acceptors (Lipinski definition) is 2. The summed E-state index contributed by atoms with van der Waals surface area (Å²) in [5, 5.41) is 1.10. The first kappa shape index (κ1) is 12.8. The van der Waals surface area contributed by atoms with E-state index >= 15 is 0 Å². The van der Waals surface area contributed by atoms with Crippen LogP contribution in [-0.2, 0) is 0 Å². The normalized spacial score (nSPS) is 24.9. The van der Waals surface area contributed by atoms with E-state index in [1.165, 1.54) is 52.1 Å². The quantitative estimate of drug-likeness (QED) is 0.717. The molecule has 16 heavy (non-hydrogen) atoms. The summed E-state index contributed by atoms with van der Waals surface area (Å²) >= 11 is 3.61. The standard InChI is InChI=1S/C13H25BrN2/c1-13(2,10-14)11-16-7-5-15(6-8-16)9-12-3-4-12/h12H,3-11H2,1-2H3. The van der Waals surface area contributed by atoms with Crippen molar-refractivity contribution in [3.8, 4) is 0 Å². The summed E-state index contributed by atoms with van der Waals surface area (Å²) < 4.78 is 0. The lowest BCUT2D eigenvalue weighted by Crippen LogP contribution is -2.49. The summed E-state index contributed by atoms with van der Waals surface area (Å²) in [6, 6.07) is 0. The Morgan fingerprint density at radius 3 is 2.12 bits per heavy atom. The average Bonchev–Trinajstić information content (AvgIpc) is 3.05. The molecule has 1 aliphatic carbocycles. The minimum atomic E-state index is 0.415. The second-order valence-electron chi connectivity index (χ2n) is 6.32. The summed E-state index contributed by atoms with van der Waals surface area (Å²) in [6.45, 7) is 12.4. The highest BCUT2D eigenvalue weighted by atomic mass is 79.9. The molecule has 3 heteroatoms. The van der Waals surface area contributed by atoms with Crippen LogP contribution in [0, 0.1) is 11.3 Å². The number of rotatable bonds is 5. The first-order valence-electron chi connectivity index (χ1n) is 6.60. The highest BCUT2D eigenvalue weighted by Crippen LogP contribution is 2.30. The summed E-state index contributed by atoms with van der Waals surface area (Å²) in [5.74, 6) is 1.05. The van der Waals surface area contributed by atoms with Gasteiger partial charge in [0.1, 0.15) is 0 Å². The zero-order valence-corrected chi connectivity index (χ0v) is 12.3. The van der Waals surface area contributed by atoms with Crippen molar-refractivity contribution in [1.29, 1.82) is 0 Å². The van der Waals surface area contributed by atoms with Crippen LogP contribution in [0.5, 0.6) is 0 Å². The third kappa shape index (κ3) is 4.01. The van der Waals surface area contributed by atoms with Gasteiger partial charge in [-0.3, -0.25) is 0 Å². The fraction of sp³-hybridized carbons (Fsp3) is 1.00. The van der Waals surface area contributed by atoms with Crippen molar-refractivity contribution < 1.29 is 0 Å². The lowest BCUT2D eigenvalue weighted by molar-refractivity contribution is 0.101. The predicted molar refractivity (Wildman–Crippen MR) is 73.2 cm³/mol. The lowest BCUT2D eigenvalue weighted by atomic mass is 9.95. The summed E-state index contributed by atoms with van der Waals surface area (Å²) in [6.07, 6.45) is 2.97. The maximum atomic E-state index is 3.61. The minimum Gasteiger partial charge on any atom is -0.301 e. The van der Waals surface area contributed by atoms with Gasteiger partial charge in [0.05, 0.1) is 0 Å². The van der Waals surface area contributed by atoms with E-state index in [-0.39, 0.29) is 0 Å². The van der Waals surface area contributed by atoms with Gasteiger partial charge in [0.2, 0.25) is 0 Å². The molecule has 1 saturated heterocycles. The van der Waals surface area contributed by atoms with Gasteiger partial charge < -0.3 is 9.80 Å². The first-order chi connectivity index (χ1) is 7.59. The number of piperazine rings is 1. The van der Waals surface area contributed by atoms with Crippen molar-refractivity contribution in [3.63, 3.8) is 0 Å². The van der Waals surface area contributed by atoms with Crippen LogP contribution in [0.2, 0.25) is 0 Å². The van der Waals surface area contributed by atoms with Crippen LogP contribution in [0.4, 0.5) is 0 Å². The van der Waals surface area contributed by atoms with E-state index in [0.29, 0.717) is 5.41 Å². The monoisotopic (exact) mass is 288 g/mol. The molecule has 0 N–H and O–H groups in total. The Labute approximate surface area is 108 Å². The molecular formula is C13H25BrN2. The molecule has 2 nitrogen and oxygen atoms in total. The van der Waals surface area contributed by atoms with E-state index in [0.717, 1.165) is 11.2 Å². The highest BCUT2D eigenvalue weighted by Gasteiger charge is 2.28. The van der Waals surface area contributed by atoms with Crippen molar-refractivity contribution >= 4 is 15.9 Å². The van der Waals surface area contributed by atoms with Gasteiger partial charge >= 0.3 is 0 Å². The Hall–Kier alpha value is 0.400. The number of nitrogens with zero attached hydrogens (tertiary/aromatic N) is 2. The Balaban J connectivity index is 1.67. The molecule has 1 heterocycles. The average molecular weight is 289 g/mol. The molecule has 0 aromatic rings. The Bertz CT molecular complexity index is 218. The van der Waals surface area contributed by atoms with Gasteiger partial charge in [0, 0.05) is 44.6 Å². The molecule has 0 radical (unpaired) electrons. The molecule has 0 spiro atoms. The molecule has 0 aromatic carbocycles. The first-order valence-corrected chi connectivity index (χ1v) is 7.72. The molecule has 0 aromatic heterocycles. The molecule has 1 aliphatic heterocycles. The van der Waals surface area contributed by atoms with Crippen LogP contribution in [0.25, 0.3) is 0 Å². The van der Waals surface area contributed by atoms with Gasteiger partial charge in [-0.1, -0.05) is 29.8 Å². The minimum absolute atomic E-state index is 0.415. The second kappa shape index (κ2) is 5.36. The van der Waals surface area contributed by atoms with Gasteiger partial charge in [-0.2, -0.15) is 0 Å². The van der Waals surface area contributed by atoms with Crippen molar-refractivity contribution in [2.45, 2.75) is 26.7 Å². The third-order valence-electron chi connectivity index (χ3n) is 3.69. The molecule has 1 saturated carbocycles. The van der Waals surface area contributed by atoms with Crippen LogP contribution in [0.1, 0.15) is 26.7 Å². The molecule has 2 aliphatic rings. The number of halogens is 1. The molecule has 0 atom stereocenters. The molecule has 94 valence electrons. The zero-order chi connectivity index (χ0) is 11.6. The van der Waals surface area contributed by atoms with E-state index < -0.39 is 0 Å². The third-order valence-corrected chi connectivity index (χ3v) is 5.21. The molecule has 0 bridgehead atoms. The fourth-order valence-corrected chi connectivity index (χ4v) is 2.62. The maximum absolute atomic E-state index is 3.61. The van der Waals surface area contributed by atoms with Crippen molar-refractivity contribution in [2.75, 3.05) is 44.6 Å². The van der Waals surface area contributed by atoms with Crippen molar-refractivity contribution in [3.05, 3.63) is 0 Å². The van der Waals surface area contributed by atoms with Gasteiger partial charge in [-0.05, 0) is 24.2 Å². The summed E-state index contributed by atoms with van der Waals surface area (Å²) in [7, 11) is 0. The van der Waals surface area contributed by atoms with Crippen LogP contribution in [-0.4, -0.2) is 54.4 Å². The smallest absolute Gasteiger partial charge is 0.0110 e. The molecule has 0 amide bonds. The van der Waals surface area contributed by atoms with Gasteiger partial charge in [0.15, 0.2) is 0 Å². The Morgan fingerprint density at radius 2 is 1.62 bits per heavy atom. The van der Waals surface area contributed by atoms with Crippen molar-refractivity contribution in [1.82, 2.24) is 9.80 Å². The van der Waals surface area contributed by atoms with Gasteiger partial charge in [0.25, 0.3) is 0 Å². The zero-order valence-electron chi connectivity index (χ0n) is 10.7. The van der Waals surface area contributed by atoms with Crippen LogP contribution < -0.4 is 0 Å². The van der Waals surface area contributed by atoms with Crippen LogP contribution >= 0.6 is 15.9 Å². The second-order valence-corrected chi connectivity index (χ2v) is 6.88. The number of alkyl halides is 1. The van der Waals surface area contributed by atoms with E-state index in [1.807, 2.05) is 0 Å². The summed E-state index contributed by atoms with van der Waals surface area (Å²) in [4.78, 5) is 5.29. The van der Waals surface area contributed by atoms with Crippen LogP contribution in [0.15, 0.2) is 0 Å². The van der Waals surface area contributed by atoms with E-state index in [1.54, 1.807) is 0 Å². The Kier molecular flexibility index (Phi) is 4.31. The highest BCUT2D eigenvalue weighted by molar-refractivity contribution is 9.09. The van der Waals surface area contributed by atoms with E-state index in [4.69, 9.17) is 0 Å². The van der Waals surface area contributed by atoms with Gasteiger partial charge in [-0.25, -0.2) is 0 Å². The van der Waals surface area contributed by atoms with Gasteiger partial charge in [-0.15, -0.1) is 0 Å². The van der Waals surface area contributed by atoms with Crippen molar-refractivity contribution in [2.24, 2.45) is 11.3 Å². The fourth-order valence-electron chi connectivity index (χ4n) is 2.44. The largest absolute Gasteiger partial charge is 0.301 e. The van der Waals surface area contributed by atoms with Crippen LogP contribution in [0.3, 0.4) is 0 Å². The number of hydrogen-bond donors (Lipinski definition) is 0. The lowest BCUT2D eigenvalue weighted by Gasteiger charge is -2.38. The summed E-state index contributed by atoms with van der Waals surface area (Å²) in [5.41, 5.74) is 0.415. The van der Waals surface area contributed by atoms with E-state index in [9.17, 15) is 0 Å². The Morgan fingerprint density at radius 1 is 1.06 bits per heavy atom. The SMILES string of the molecule is CC(C)(CBr)CN1CCN(CC2CC2)CC1. The maximum Gasteiger partial charge on any atom is 0.0110 e.